The SMILES string of the molecule is C=C(C)/C(=C/C)N=CCC.CC. The zero-order valence-corrected chi connectivity index (χ0v) is 9.02. The molecule has 0 aromatic heterocycles. The molecular weight excluding hydrogens is 146 g/mol. The molecule has 0 atom stereocenters. The fraction of sp³-hybridized carbons (Fsp3) is 0.545. The Kier molecular flexibility index (Phi) is 11.6. The standard InChI is InChI=1S/C9H15N.C2H6/c1-5-7-10-9(6-2)8(3)4;1-2/h6-7H,3,5H2,1-2,4H3;1-2H3/b9-6-,10-7?;. The lowest BCUT2D eigenvalue weighted by atomic mass is 10.2. The summed E-state index contributed by atoms with van der Waals surface area (Å²) in [5.74, 6) is 0. The van der Waals surface area contributed by atoms with Gasteiger partial charge in [0.25, 0.3) is 0 Å². The molecule has 0 heterocycles. The van der Waals surface area contributed by atoms with Crippen molar-refractivity contribution in [1.29, 1.82) is 0 Å². The Bertz CT molecular complexity index is 164. The number of aliphatic imine (C=N–C) groups is 1. The Morgan fingerprint density at radius 2 is 1.92 bits per heavy atom. The first-order chi connectivity index (χ1) is 5.72. The molecule has 0 aliphatic rings. The van der Waals surface area contributed by atoms with Crippen molar-refractivity contribution < 1.29 is 0 Å². The van der Waals surface area contributed by atoms with Gasteiger partial charge in [0.15, 0.2) is 0 Å². The van der Waals surface area contributed by atoms with Gasteiger partial charge in [0.05, 0.1) is 5.70 Å². The van der Waals surface area contributed by atoms with Crippen LogP contribution in [0.3, 0.4) is 0 Å². The molecule has 1 nitrogen and oxygen atoms in total. The van der Waals surface area contributed by atoms with Gasteiger partial charge >= 0.3 is 0 Å². The van der Waals surface area contributed by atoms with Crippen LogP contribution in [0.4, 0.5) is 0 Å². The zero-order chi connectivity index (χ0) is 9.98. The summed E-state index contributed by atoms with van der Waals surface area (Å²) < 4.78 is 0. The molecule has 0 amide bonds. The van der Waals surface area contributed by atoms with Gasteiger partial charge in [0.1, 0.15) is 0 Å². The third kappa shape index (κ3) is 7.26. The van der Waals surface area contributed by atoms with E-state index in [-0.39, 0.29) is 0 Å². The first-order valence-corrected chi connectivity index (χ1v) is 4.57. The summed E-state index contributed by atoms with van der Waals surface area (Å²) in [6.45, 7) is 13.8. The molecule has 0 saturated heterocycles. The van der Waals surface area contributed by atoms with Crippen molar-refractivity contribution in [3.05, 3.63) is 23.9 Å². The number of nitrogens with zero attached hydrogens (tertiary/aromatic N) is 1. The molecule has 0 saturated carbocycles. The highest BCUT2D eigenvalue weighted by molar-refractivity contribution is 5.59. The summed E-state index contributed by atoms with van der Waals surface area (Å²) >= 11 is 0. The summed E-state index contributed by atoms with van der Waals surface area (Å²) in [6, 6.07) is 0. The van der Waals surface area contributed by atoms with Gasteiger partial charge < -0.3 is 0 Å². The Balaban J connectivity index is 0. The number of hydrogen-bond donors (Lipinski definition) is 0. The van der Waals surface area contributed by atoms with Gasteiger partial charge in [0.2, 0.25) is 0 Å². The van der Waals surface area contributed by atoms with Gasteiger partial charge in [-0.3, -0.25) is 4.99 Å². The van der Waals surface area contributed by atoms with E-state index in [4.69, 9.17) is 0 Å². The largest absolute Gasteiger partial charge is 0.261 e. The van der Waals surface area contributed by atoms with Crippen molar-refractivity contribution >= 4 is 6.21 Å². The molecular formula is C11H21N. The van der Waals surface area contributed by atoms with E-state index in [0.29, 0.717) is 0 Å². The van der Waals surface area contributed by atoms with Crippen LogP contribution in [0.5, 0.6) is 0 Å². The Morgan fingerprint density at radius 1 is 1.42 bits per heavy atom. The van der Waals surface area contributed by atoms with E-state index < -0.39 is 0 Å². The summed E-state index contributed by atoms with van der Waals surface area (Å²) in [5, 5.41) is 0. The fourth-order valence-electron chi connectivity index (χ4n) is 0.621. The molecule has 70 valence electrons. The molecule has 0 aliphatic heterocycles. The van der Waals surface area contributed by atoms with Crippen LogP contribution in [-0.2, 0) is 0 Å². The minimum Gasteiger partial charge on any atom is -0.261 e. The van der Waals surface area contributed by atoms with Crippen molar-refractivity contribution in [1.82, 2.24) is 0 Å². The van der Waals surface area contributed by atoms with E-state index in [1.54, 1.807) is 0 Å². The smallest absolute Gasteiger partial charge is 0.0606 e. The van der Waals surface area contributed by atoms with Crippen LogP contribution in [0.25, 0.3) is 0 Å². The molecule has 0 aliphatic carbocycles. The topological polar surface area (TPSA) is 12.4 Å². The molecule has 0 aromatic carbocycles. The van der Waals surface area contributed by atoms with Crippen LogP contribution in [0.1, 0.15) is 41.0 Å². The van der Waals surface area contributed by atoms with Crippen LogP contribution in [0.2, 0.25) is 0 Å². The number of rotatable bonds is 3. The molecule has 0 spiro atoms. The van der Waals surface area contributed by atoms with Crippen molar-refractivity contribution in [2.45, 2.75) is 41.0 Å². The molecule has 0 bridgehead atoms. The van der Waals surface area contributed by atoms with E-state index in [1.165, 1.54) is 0 Å². The van der Waals surface area contributed by atoms with E-state index in [0.717, 1.165) is 17.7 Å². The Labute approximate surface area is 76.9 Å². The van der Waals surface area contributed by atoms with Crippen molar-refractivity contribution in [3.8, 4) is 0 Å². The maximum atomic E-state index is 4.20. The maximum absolute atomic E-state index is 4.20. The van der Waals surface area contributed by atoms with Gasteiger partial charge in [-0.25, -0.2) is 0 Å². The first-order valence-electron chi connectivity index (χ1n) is 4.57. The van der Waals surface area contributed by atoms with Crippen LogP contribution >= 0.6 is 0 Å². The minimum atomic E-state index is 0.977. The highest BCUT2D eigenvalue weighted by Gasteiger charge is 1.88. The fourth-order valence-corrected chi connectivity index (χ4v) is 0.621. The lowest BCUT2D eigenvalue weighted by Gasteiger charge is -1.96. The second kappa shape index (κ2) is 10.2. The predicted octanol–water partition coefficient (Wildman–Crippen LogP) is 3.97. The molecule has 0 radical (unpaired) electrons. The second-order valence-corrected chi connectivity index (χ2v) is 2.17. The van der Waals surface area contributed by atoms with E-state index >= 15 is 0 Å². The minimum absolute atomic E-state index is 0.977. The highest BCUT2D eigenvalue weighted by Crippen LogP contribution is 2.06. The summed E-state index contributed by atoms with van der Waals surface area (Å²) in [6.07, 6.45) is 4.84. The lowest BCUT2D eigenvalue weighted by molar-refractivity contribution is 1.24. The van der Waals surface area contributed by atoms with E-state index in [1.807, 2.05) is 40.0 Å². The molecule has 0 unspecified atom stereocenters. The van der Waals surface area contributed by atoms with Gasteiger partial charge in [0, 0.05) is 6.21 Å². The highest BCUT2D eigenvalue weighted by atomic mass is 14.7. The third-order valence-electron chi connectivity index (χ3n) is 1.12. The van der Waals surface area contributed by atoms with E-state index in [2.05, 4.69) is 18.5 Å². The lowest BCUT2D eigenvalue weighted by Crippen LogP contribution is -1.79. The normalized spacial score (nSPS) is 10.9. The van der Waals surface area contributed by atoms with Crippen molar-refractivity contribution in [2.24, 2.45) is 4.99 Å². The molecule has 12 heavy (non-hydrogen) atoms. The molecule has 1 heteroatoms. The molecule has 0 aromatic rings. The third-order valence-corrected chi connectivity index (χ3v) is 1.12. The van der Waals surface area contributed by atoms with Crippen LogP contribution < -0.4 is 0 Å². The monoisotopic (exact) mass is 167 g/mol. The summed E-state index contributed by atoms with van der Waals surface area (Å²) in [4.78, 5) is 4.20. The maximum Gasteiger partial charge on any atom is 0.0606 e. The predicted molar refractivity (Wildman–Crippen MR) is 58.7 cm³/mol. The molecule has 0 rings (SSSR count). The first kappa shape index (κ1) is 13.7. The van der Waals surface area contributed by atoms with Gasteiger partial charge in [-0.2, -0.15) is 0 Å². The number of allylic oxidation sites excluding steroid dienone is 2. The van der Waals surface area contributed by atoms with Crippen LogP contribution in [-0.4, -0.2) is 6.21 Å². The van der Waals surface area contributed by atoms with Gasteiger partial charge in [-0.05, 0) is 25.8 Å². The molecule has 0 fully saturated rings. The number of hydrogen-bond acceptors (Lipinski definition) is 1. The Hall–Kier alpha value is -0.850. The zero-order valence-electron chi connectivity index (χ0n) is 9.02. The van der Waals surface area contributed by atoms with Gasteiger partial charge in [-0.15, -0.1) is 0 Å². The van der Waals surface area contributed by atoms with Crippen LogP contribution in [0.15, 0.2) is 28.9 Å². The summed E-state index contributed by atoms with van der Waals surface area (Å²) in [5.41, 5.74) is 2.01. The van der Waals surface area contributed by atoms with Crippen LogP contribution in [0, 0.1) is 0 Å². The quantitative estimate of drug-likeness (QED) is 0.445. The summed E-state index contributed by atoms with van der Waals surface area (Å²) in [7, 11) is 0. The van der Waals surface area contributed by atoms with E-state index in [9.17, 15) is 0 Å². The van der Waals surface area contributed by atoms with Crippen molar-refractivity contribution in [2.75, 3.05) is 0 Å². The van der Waals surface area contributed by atoms with Gasteiger partial charge in [-0.1, -0.05) is 33.4 Å². The Morgan fingerprint density at radius 3 is 2.17 bits per heavy atom. The molecule has 0 N–H and O–H groups in total. The second-order valence-electron chi connectivity index (χ2n) is 2.17. The van der Waals surface area contributed by atoms with Crippen molar-refractivity contribution in [3.63, 3.8) is 0 Å². The average Bonchev–Trinajstić information content (AvgIpc) is 2.09. The average molecular weight is 167 g/mol.